The van der Waals surface area contributed by atoms with Crippen molar-refractivity contribution in [2.24, 2.45) is 0 Å². The number of fused-ring (bicyclic) bond motifs is 1. The van der Waals surface area contributed by atoms with E-state index in [9.17, 15) is 0 Å². The van der Waals surface area contributed by atoms with Gasteiger partial charge in [-0.2, -0.15) is 0 Å². The largest absolute Gasteiger partial charge is 0.496 e. The molecule has 0 unspecified atom stereocenters. The minimum Gasteiger partial charge on any atom is -0.496 e. The standard InChI is InChI=1S/C15H16N2OS/c1-4-13-14(17-8-7-16-15(17)19-13)11-9-10(2)5-6-12(11)18-3/h5-9H,4H2,1-3H3. The number of benzene rings is 1. The molecular weight excluding hydrogens is 256 g/mol. The van der Waals surface area contributed by atoms with Crippen LogP contribution in [0.1, 0.15) is 17.4 Å². The Labute approximate surface area is 116 Å². The first-order chi connectivity index (χ1) is 9.24. The second kappa shape index (κ2) is 4.70. The Balaban J connectivity index is 2.34. The first-order valence-electron chi connectivity index (χ1n) is 6.34. The van der Waals surface area contributed by atoms with Crippen molar-refractivity contribution < 1.29 is 4.74 Å². The van der Waals surface area contributed by atoms with Crippen molar-refractivity contribution in [2.45, 2.75) is 20.3 Å². The smallest absolute Gasteiger partial charge is 0.194 e. The summed E-state index contributed by atoms with van der Waals surface area (Å²) in [5.74, 6) is 0.911. The Morgan fingerprint density at radius 3 is 2.95 bits per heavy atom. The Bertz CT molecular complexity index is 727. The fourth-order valence-corrected chi connectivity index (χ4v) is 3.39. The van der Waals surface area contributed by atoms with Gasteiger partial charge in [-0.15, -0.1) is 11.3 Å². The summed E-state index contributed by atoms with van der Waals surface area (Å²) in [4.78, 5) is 6.77. The average Bonchev–Trinajstić information content (AvgIpc) is 2.98. The molecule has 2 heterocycles. The molecule has 0 amide bonds. The number of aryl methyl sites for hydroxylation is 2. The van der Waals surface area contributed by atoms with E-state index in [0.717, 1.165) is 22.7 Å². The molecule has 0 aliphatic rings. The Hall–Kier alpha value is -1.81. The van der Waals surface area contributed by atoms with Crippen LogP contribution >= 0.6 is 11.3 Å². The summed E-state index contributed by atoms with van der Waals surface area (Å²) in [5, 5.41) is 0. The number of rotatable bonds is 3. The van der Waals surface area contributed by atoms with Crippen molar-refractivity contribution in [2.75, 3.05) is 7.11 Å². The monoisotopic (exact) mass is 272 g/mol. The molecule has 0 saturated heterocycles. The third-order valence-corrected chi connectivity index (χ3v) is 4.47. The first kappa shape index (κ1) is 12.2. The number of nitrogens with zero attached hydrogens (tertiary/aromatic N) is 2. The normalized spacial score (nSPS) is 11.1. The highest BCUT2D eigenvalue weighted by molar-refractivity contribution is 7.17. The van der Waals surface area contributed by atoms with Gasteiger partial charge in [0.2, 0.25) is 0 Å². The highest BCUT2D eigenvalue weighted by atomic mass is 32.1. The van der Waals surface area contributed by atoms with Crippen molar-refractivity contribution in [3.8, 4) is 17.0 Å². The fourth-order valence-electron chi connectivity index (χ4n) is 2.35. The molecule has 19 heavy (non-hydrogen) atoms. The van der Waals surface area contributed by atoms with Crippen LogP contribution in [0.2, 0.25) is 0 Å². The summed E-state index contributed by atoms with van der Waals surface area (Å²) in [6.45, 7) is 4.28. The maximum atomic E-state index is 5.52. The second-order valence-corrected chi connectivity index (χ2v) is 5.57. The SMILES string of the molecule is CCc1sc2nccn2c1-c1cc(C)ccc1OC. The van der Waals surface area contributed by atoms with Gasteiger partial charge in [-0.3, -0.25) is 4.40 Å². The summed E-state index contributed by atoms with van der Waals surface area (Å²) in [6.07, 6.45) is 4.86. The van der Waals surface area contributed by atoms with E-state index in [1.54, 1.807) is 18.4 Å². The van der Waals surface area contributed by atoms with E-state index in [0.29, 0.717) is 0 Å². The molecule has 4 heteroatoms. The lowest BCUT2D eigenvalue weighted by molar-refractivity contribution is 0.416. The lowest BCUT2D eigenvalue weighted by atomic mass is 10.1. The Morgan fingerprint density at radius 2 is 2.21 bits per heavy atom. The van der Waals surface area contributed by atoms with Crippen LogP contribution in [0.25, 0.3) is 16.2 Å². The maximum absolute atomic E-state index is 5.52. The molecule has 0 spiro atoms. The van der Waals surface area contributed by atoms with E-state index >= 15 is 0 Å². The molecule has 2 aromatic heterocycles. The summed E-state index contributed by atoms with van der Waals surface area (Å²) >= 11 is 1.75. The molecule has 1 aromatic carbocycles. The van der Waals surface area contributed by atoms with Gasteiger partial charge in [0.05, 0.1) is 12.8 Å². The minimum absolute atomic E-state index is 0.911. The maximum Gasteiger partial charge on any atom is 0.194 e. The molecule has 0 atom stereocenters. The summed E-state index contributed by atoms with van der Waals surface area (Å²) in [7, 11) is 1.72. The van der Waals surface area contributed by atoms with Gasteiger partial charge in [0, 0.05) is 22.8 Å². The molecule has 3 rings (SSSR count). The molecule has 3 aromatic rings. The van der Waals surface area contributed by atoms with Crippen molar-refractivity contribution in [3.63, 3.8) is 0 Å². The van der Waals surface area contributed by atoms with Crippen LogP contribution in [0.5, 0.6) is 5.75 Å². The van der Waals surface area contributed by atoms with Crippen LogP contribution in [-0.2, 0) is 6.42 Å². The fraction of sp³-hybridized carbons (Fsp3) is 0.267. The number of aromatic nitrogens is 2. The number of hydrogen-bond donors (Lipinski definition) is 0. The topological polar surface area (TPSA) is 26.5 Å². The van der Waals surface area contributed by atoms with Gasteiger partial charge >= 0.3 is 0 Å². The molecule has 0 saturated carbocycles. The molecule has 98 valence electrons. The van der Waals surface area contributed by atoms with E-state index in [1.165, 1.54) is 16.1 Å². The van der Waals surface area contributed by atoms with Gasteiger partial charge in [-0.25, -0.2) is 4.98 Å². The molecule has 0 bridgehead atoms. The van der Waals surface area contributed by atoms with Crippen molar-refractivity contribution in [1.82, 2.24) is 9.38 Å². The average molecular weight is 272 g/mol. The number of ether oxygens (including phenoxy) is 1. The highest BCUT2D eigenvalue weighted by Crippen LogP contribution is 2.37. The van der Waals surface area contributed by atoms with E-state index in [2.05, 4.69) is 35.4 Å². The van der Waals surface area contributed by atoms with E-state index < -0.39 is 0 Å². The highest BCUT2D eigenvalue weighted by Gasteiger charge is 2.17. The molecule has 3 nitrogen and oxygen atoms in total. The van der Waals surface area contributed by atoms with Gasteiger partial charge < -0.3 is 4.74 Å². The van der Waals surface area contributed by atoms with Gasteiger partial charge in [0.15, 0.2) is 4.96 Å². The number of hydrogen-bond acceptors (Lipinski definition) is 3. The molecule has 0 radical (unpaired) electrons. The van der Waals surface area contributed by atoms with Crippen LogP contribution in [0.3, 0.4) is 0 Å². The predicted octanol–water partition coefficient (Wildman–Crippen LogP) is 3.94. The van der Waals surface area contributed by atoms with Gasteiger partial charge in [0.25, 0.3) is 0 Å². The summed E-state index contributed by atoms with van der Waals surface area (Å²) in [6, 6.07) is 6.29. The molecule has 0 aliphatic heterocycles. The third kappa shape index (κ3) is 1.92. The lowest BCUT2D eigenvalue weighted by Crippen LogP contribution is -1.94. The van der Waals surface area contributed by atoms with E-state index in [1.807, 2.05) is 18.5 Å². The van der Waals surface area contributed by atoms with E-state index in [4.69, 9.17) is 4.74 Å². The Morgan fingerprint density at radius 1 is 1.37 bits per heavy atom. The minimum atomic E-state index is 0.911. The number of thiazole rings is 1. The molecule has 0 aliphatic carbocycles. The molecule has 0 fully saturated rings. The van der Waals surface area contributed by atoms with Crippen molar-refractivity contribution in [1.29, 1.82) is 0 Å². The number of methoxy groups -OCH3 is 1. The van der Waals surface area contributed by atoms with Crippen LogP contribution in [-0.4, -0.2) is 16.5 Å². The van der Waals surface area contributed by atoms with Crippen molar-refractivity contribution in [3.05, 3.63) is 41.0 Å². The summed E-state index contributed by atoms with van der Waals surface area (Å²) in [5.41, 5.74) is 3.58. The first-order valence-corrected chi connectivity index (χ1v) is 7.16. The van der Waals surface area contributed by atoms with Gasteiger partial charge in [-0.1, -0.05) is 18.6 Å². The zero-order valence-electron chi connectivity index (χ0n) is 11.3. The quantitative estimate of drug-likeness (QED) is 0.722. The van der Waals surface area contributed by atoms with Crippen LogP contribution in [0.15, 0.2) is 30.6 Å². The lowest BCUT2D eigenvalue weighted by Gasteiger charge is -2.10. The number of imidazole rings is 1. The predicted molar refractivity (Wildman–Crippen MR) is 79.2 cm³/mol. The van der Waals surface area contributed by atoms with Crippen molar-refractivity contribution >= 4 is 16.3 Å². The molecule has 0 N–H and O–H groups in total. The molecular formula is C15H16N2OS. The van der Waals surface area contributed by atoms with Crippen LogP contribution in [0.4, 0.5) is 0 Å². The van der Waals surface area contributed by atoms with Crippen LogP contribution in [0, 0.1) is 6.92 Å². The zero-order chi connectivity index (χ0) is 13.4. The van der Waals surface area contributed by atoms with Gasteiger partial charge in [-0.05, 0) is 25.5 Å². The van der Waals surface area contributed by atoms with Crippen LogP contribution < -0.4 is 4.74 Å². The third-order valence-electron chi connectivity index (χ3n) is 3.26. The second-order valence-electron chi connectivity index (χ2n) is 4.51. The van der Waals surface area contributed by atoms with Gasteiger partial charge in [0.1, 0.15) is 5.75 Å². The zero-order valence-corrected chi connectivity index (χ0v) is 12.1. The Kier molecular flexibility index (Phi) is 3.03. The summed E-state index contributed by atoms with van der Waals surface area (Å²) < 4.78 is 7.67. The van der Waals surface area contributed by atoms with E-state index in [-0.39, 0.29) is 0 Å².